The van der Waals surface area contributed by atoms with Crippen molar-refractivity contribution < 1.29 is 29.1 Å². The van der Waals surface area contributed by atoms with E-state index in [4.69, 9.17) is 5.11 Å². The second-order valence-corrected chi connectivity index (χ2v) is 12.4. The van der Waals surface area contributed by atoms with E-state index >= 15 is 0 Å². The van der Waals surface area contributed by atoms with Gasteiger partial charge in [-0.1, -0.05) is 77.8 Å². The van der Waals surface area contributed by atoms with Gasteiger partial charge in [0.1, 0.15) is 12.1 Å². The summed E-state index contributed by atoms with van der Waals surface area (Å²) in [6.45, 7) is 12.6. The van der Waals surface area contributed by atoms with Gasteiger partial charge in [0.05, 0.1) is 6.04 Å². The Morgan fingerprint density at radius 1 is 0.822 bits per heavy atom. The summed E-state index contributed by atoms with van der Waals surface area (Å²) in [7, 11) is 0. The van der Waals surface area contributed by atoms with E-state index in [2.05, 4.69) is 52.6 Å². The van der Waals surface area contributed by atoms with Crippen molar-refractivity contribution >= 4 is 29.6 Å². The summed E-state index contributed by atoms with van der Waals surface area (Å²) >= 11 is 0. The van der Waals surface area contributed by atoms with Crippen LogP contribution in [0.1, 0.15) is 98.5 Å². The number of carbonyl (C=O) groups excluding carboxylic acids is 4. The lowest BCUT2D eigenvalue weighted by atomic mass is 9.97. The largest absolute Gasteiger partial charge is 0.481 e. The first-order valence-electron chi connectivity index (χ1n) is 16.5. The van der Waals surface area contributed by atoms with Crippen molar-refractivity contribution in [2.45, 2.75) is 123 Å². The van der Waals surface area contributed by atoms with Crippen LogP contribution in [0.5, 0.6) is 0 Å². The first-order chi connectivity index (χ1) is 21.4. The van der Waals surface area contributed by atoms with E-state index in [1.54, 1.807) is 6.92 Å². The minimum absolute atomic E-state index is 0.000591. The highest BCUT2D eigenvalue weighted by molar-refractivity contribution is 5.92. The highest BCUT2D eigenvalue weighted by Crippen LogP contribution is 2.11. The highest BCUT2D eigenvalue weighted by atomic mass is 16.4. The van der Waals surface area contributed by atoms with Crippen LogP contribution in [0.3, 0.4) is 0 Å². The van der Waals surface area contributed by atoms with Crippen molar-refractivity contribution in [3.05, 3.63) is 35.9 Å². The second-order valence-electron chi connectivity index (χ2n) is 12.4. The van der Waals surface area contributed by atoms with Crippen molar-refractivity contribution in [3.63, 3.8) is 0 Å². The molecule has 1 aromatic carbocycles. The minimum Gasteiger partial charge on any atom is -0.481 e. The Bertz CT molecular complexity index is 1050. The maximum absolute atomic E-state index is 13.4. The monoisotopic (exact) mass is 631 g/mol. The van der Waals surface area contributed by atoms with Crippen LogP contribution in [-0.4, -0.2) is 72.0 Å². The first-order valence-corrected chi connectivity index (χ1v) is 16.5. The third-order valence-corrected chi connectivity index (χ3v) is 7.77. The summed E-state index contributed by atoms with van der Waals surface area (Å²) in [5.74, 6) is -2.15. The predicted molar refractivity (Wildman–Crippen MR) is 176 cm³/mol. The number of carboxylic acids is 1. The van der Waals surface area contributed by atoms with E-state index in [-0.39, 0.29) is 49.0 Å². The summed E-state index contributed by atoms with van der Waals surface area (Å²) in [6.07, 6.45) is 4.15. The molecule has 0 bridgehead atoms. The van der Waals surface area contributed by atoms with Crippen LogP contribution in [0.15, 0.2) is 30.3 Å². The molecule has 0 radical (unpaired) electrons. The van der Waals surface area contributed by atoms with Gasteiger partial charge in [0.15, 0.2) is 0 Å². The van der Waals surface area contributed by atoms with Gasteiger partial charge in [-0.3, -0.25) is 24.0 Å². The Labute approximate surface area is 269 Å². The SMILES string of the molecule is CCC[C@H](NC(=O)[C@@H](NC(=O)CCCC(=O)O)[C@H](C)CC)C(=O)N[C@H](CN[C@@H](C)C(=O)NCCCc1ccccc1)CC(C)C. The standard InChI is InChI=1S/C34H57N5O6/c1-7-14-28(38-34(45)31(24(5)8-2)39-29(40)18-12-19-30(41)42)33(44)37-27(21-23(3)4)22-36-25(6)32(43)35-20-13-17-26-15-10-9-11-16-26/h9-11,15-16,23-25,27-28,31,36H,7-8,12-14,17-22H2,1-6H3,(H,35,43)(H,37,44)(H,38,45)(H,39,40)(H,41,42)/t24-,25+,27+,28+,31+/m1/s1. The average molecular weight is 632 g/mol. The molecule has 0 aliphatic heterocycles. The molecule has 0 aromatic heterocycles. The maximum Gasteiger partial charge on any atom is 0.303 e. The lowest BCUT2D eigenvalue weighted by Gasteiger charge is -2.28. The van der Waals surface area contributed by atoms with Gasteiger partial charge in [0.2, 0.25) is 23.6 Å². The number of rotatable bonds is 23. The molecular formula is C34H57N5O6. The number of carbonyl (C=O) groups is 5. The topological polar surface area (TPSA) is 166 Å². The smallest absolute Gasteiger partial charge is 0.303 e. The number of benzene rings is 1. The molecule has 5 atom stereocenters. The summed E-state index contributed by atoms with van der Waals surface area (Å²) < 4.78 is 0. The number of hydrogen-bond acceptors (Lipinski definition) is 6. The van der Waals surface area contributed by atoms with Crippen LogP contribution >= 0.6 is 0 Å². The van der Waals surface area contributed by atoms with E-state index in [1.807, 2.05) is 39.0 Å². The van der Waals surface area contributed by atoms with Crippen molar-refractivity contribution in [3.8, 4) is 0 Å². The Balaban J connectivity index is 2.74. The van der Waals surface area contributed by atoms with Crippen LogP contribution in [-0.2, 0) is 30.4 Å². The molecule has 6 N–H and O–H groups in total. The number of amides is 4. The van der Waals surface area contributed by atoms with Gasteiger partial charge in [-0.2, -0.15) is 0 Å². The molecule has 45 heavy (non-hydrogen) atoms. The fourth-order valence-corrected chi connectivity index (χ4v) is 4.94. The van der Waals surface area contributed by atoms with Gasteiger partial charge in [-0.15, -0.1) is 0 Å². The molecule has 4 amide bonds. The molecule has 0 saturated carbocycles. The molecule has 0 fully saturated rings. The van der Waals surface area contributed by atoms with Gasteiger partial charge >= 0.3 is 5.97 Å². The van der Waals surface area contributed by atoms with Gasteiger partial charge in [-0.05, 0) is 56.4 Å². The second kappa shape index (κ2) is 22.1. The van der Waals surface area contributed by atoms with Crippen LogP contribution < -0.4 is 26.6 Å². The van der Waals surface area contributed by atoms with E-state index in [0.717, 1.165) is 12.8 Å². The summed E-state index contributed by atoms with van der Waals surface area (Å²) in [4.78, 5) is 62.7. The number of aliphatic carboxylic acids is 1. The van der Waals surface area contributed by atoms with Gasteiger partial charge in [0, 0.05) is 32.0 Å². The normalized spacial score (nSPS) is 14.5. The third kappa shape index (κ3) is 17.0. The van der Waals surface area contributed by atoms with Crippen molar-refractivity contribution in [2.75, 3.05) is 13.1 Å². The molecule has 0 heterocycles. The lowest BCUT2D eigenvalue weighted by molar-refractivity contribution is -0.137. The molecule has 1 aromatic rings. The van der Waals surface area contributed by atoms with E-state index in [1.165, 1.54) is 5.56 Å². The zero-order chi connectivity index (χ0) is 33.8. The predicted octanol–water partition coefficient (Wildman–Crippen LogP) is 3.32. The molecule has 11 heteroatoms. The van der Waals surface area contributed by atoms with E-state index in [9.17, 15) is 24.0 Å². The zero-order valence-corrected chi connectivity index (χ0v) is 28.1. The maximum atomic E-state index is 13.4. The molecule has 0 saturated heterocycles. The number of carboxylic acid groups (broad SMARTS) is 1. The summed E-state index contributed by atoms with van der Waals surface area (Å²) in [6, 6.07) is 7.78. The molecular weight excluding hydrogens is 574 g/mol. The van der Waals surface area contributed by atoms with Gasteiger partial charge in [-0.25, -0.2) is 0 Å². The fraction of sp³-hybridized carbons (Fsp3) is 0.676. The average Bonchev–Trinajstić information content (AvgIpc) is 2.99. The Morgan fingerprint density at radius 2 is 1.51 bits per heavy atom. The quantitative estimate of drug-likeness (QED) is 0.101. The zero-order valence-electron chi connectivity index (χ0n) is 28.1. The van der Waals surface area contributed by atoms with E-state index in [0.29, 0.717) is 38.8 Å². The lowest BCUT2D eigenvalue weighted by Crippen LogP contribution is -2.57. The molecule has 1 rings (SSSR count). The summed E-state index contributed by atoms with van der Waals surface area (Å²) in [5.41, 5.74) is 1.23. The highest BCUT2D eigenvalue weighted by Gasteiger charge is 2.30. The molecule has 0 spiro atoms. The molecule has 254 valence electrons. The first kappa shape index (κ1) is 39.6. The van der Waals surface area contributed by atoms with Crippen LogP contribution in [0, 0.1) is 11.8 Å². The van der Waals surface area contributed by atoms with Gasteiger partial charge in [0.25, 0.3) is 0 Å². The Hall–Kier alpha value is -3.47. The van der Waals surface area contributed by atoms with Crippen molar-refractivity contribution in [1.82, 2.24) is 26.6 Å². The fourth-order valence-electron chi connectivity index (χ4n) is 4.94. The molecule has 0 aliphatic rings. The molecule has 11 nitrogen and oxygen atoms in total. The van der Waals surface area contributed by atoms with Crippen LogP contribution in [0.2, 0.25) is 0 Å². The van der Waals surface area contributed by atoms with Crippen molar-refractivity contribution in [1.29, 1.82) is 0 Å². The molecule has 0 aliphatic carbocycles. The minimum atomic E-state index is -0.981. The van der Waals surface area contributed by atoms with Crippen molar-refractivity contribution in [2.24, 2.45) is 11.8 Å². The Kier molecular flexibility index (Phi) is 19.4. The van der Waals surface area contributed by atoms with E-state index < -0.39 is 35.9 Å². The number of aryl methyl sites for hydroxylation is 1. The Morgan fingerprint density at radius 3 is 2.11 bits per heavy atom. The van der Waals surface area contributed by atoms with Gasteiger partial charge < -0.3 is 31.7 Å². The summed E-state index contributed by atoms with van der Waals surface area (Å²) in [5, 5.41) is 23.7. The number of hydrogen-bond donors (Lipinski definition) is 6. The van der Waals surface area contributed by atoms with Crippen LogP contribution in [0.25, 0.3) is 0 Å². The third-order valence-electron chi connectivity index (χ3n) is 7.77. The molecule has 0 unspecified atom stereocenters. The van der Waals surface area contributed by atoms with Crippen LogP contribution in [0.4, 0.5) is 0 Å². The number of nitrogens with one attached hydrogen (secondary N) is 5.